The van der Waals surface area contributed by atoms with Gasteiger partial charge in [-0.25, -0.2) is 5.43 Å². The maximum Gasteiger partial charge on any atom is 0.277 e. The average molecular weight is 421 g/mol. The summed E-state index contributed by atoms with van der Waals surface area (Å²) in [6.07, 6.45) is 1.45. The second-order valence-corrected chi connectivity index (χ2v) is 6.64. The van der Waals surface area contributed by atoms with Gasteiger partial charge >= 0.3 is 0 Å². The molecule has 2 aromatic carbocycles. The lowest BCUT2D eigenvalue weighted by molar-refractivity contribution is -0.123. The van der Waals surface area contributed by atoms with E-state index in [9.17, 15) is 9.90 Å². The van der Waals surface area contributed by atoms with E-state index in [0.717, 1.165) is 22.4 Å². The second kappa shape index (κ2) is 8.71. The first-order valence-electron chi connectivity index (χ1n) is 7.91. The van der Waals surface area contributed by atoms with E-state index in [0.29, 0.717) is 15.8 Å². The van der Waals surface area contributed by atoms with Crippen LogP contribution in [-0.2, 0) is 4.79 Å². The summed E-state index contributed by atoms with van der Waals surface area (Å²) in [7, 11) is 1.46. The molecule has 2 aromatic rings. The fourth-order valence-corrected chi connectivity index (χ4v) is 2.78. The summed E-state index contributed by atoms with van der Waals surface area (Å²) in [5, 5.41) is 13.7. The number of halogens is 1. The number of hydrogen-bond acceptors (Lipinski definition) is 5. The molecular formula is C19H21BrN2O4. The number of hydrogen-bond donors (Lipinski definition) is 2. The zero-order valence-corrected chi connectivity index (χ0v) is 16.7. The molecule has 0 radical (unpaired) electrons. The van der Waals surface area contributed by atoms with E-state index in [4.69, 9.17) is 9.47 Å². The first kappa shape index (κ1) is 19.8. The molecule has 0 spiro atoms. The average Bonchev–Trinajstić information content (AvgIpc) is 2.61. The minimum absolute atomic E-state index is 0.00554. The van der Waals surface area contributed by atoms with Gasteiger partial charge < -0.3 is 14.6 Å². The third kappa shape index (κ3) is 4.76. The number of aromatic hydroxyl groups is 1. The molecule has 0 aliphatic carbocycles. The maximum atomic E-state index is 11.9. The first-order chi connectivity index (χ1) is 12.3. The van der Waals surface area contributed by atoms with Crippen LogP contribution in [0.2, 0.25) is 0 Å². The van der Waals surface area contributed by atoms with Crippen LogP contribution in [0.5, 0.6) is 17.2 Å². The van der Waals surface area contributed by atoms with E-state index in [1.165, 1.54) is 13.3 Å². The van der Waals surface area contributed by atoms with Gasteiger partial charge in [-0.05, 0) is 71.1 Å². The molecule has 26 heavy (non-hydrogen) atoms. The Bertz CT molecular complexity index is 850. The van der Waals surface area contributed by atoms with Crippen molar-refractivity contribution in [3.8, 4) is 17.2 Å². The van der Waals surface area contributed by atoms with Crippen molar-refractivity contribution >= 4 is 28.1 Å². The fourth-order valence-electron chi connectivity index (χ4n) is 2.32. The van der Waals surface area contributed by atoms with Crippen LogP contribution in [0.3, 0.4) is 0 Å². The number of hydrazone groups is 1. The highest BCUT2D eigenvalue weighted by Gasteiger charge is 2.09. The molecule has 0 aromatic heterocycles. The smallest absolute Gasteiger partial charge is 0.277 e. The molecule has 0 heterocycles. The lowest BCUT2D eigenvalue weighted by atomic mass is 10.1. The predicted molar refractivity (Wildman–Crippen MR) is 104 cm³/mol. The molecule has 0 unspecified atom stereocenters. The van der Waals surface area contributed by atoms with Crippen LogP contribution >= 0.6 is 15.9 Å². The molecule has 7 heteroatoms. The molecule has 0 aliphatic heterocycles. The van der Waals surface area contributed by atoms with E-state index < -0.39 is 0 Å². The Labute approximate surface area is 161 Å². The highest BCUT2D eigenvalue weighted by atomic mass is 79.9. The second-order valence-electron chi connectivity index (χ2n) is 5.79. The quantitative estimate of drug-likeness (QED) is 0.552. The third-order valence-electron chi connectivity index (χ3n) is 3.89. The first-order valence-corrected chi connectivity index (χ1v) is 8.70. The Balaban J connectivity index is 1.96. The predicted octanol–water partition coefficient (Wildman–Crippen LogP) is 3.62. The summed E-state index contributed by atoms with van der Waals surface area (Å²) in [6.45, 7) is 5.76. The highest BCUT2D eigenvalue weighted by molar-refractivity contribution is 9.10. The number of nitrogens with zero attached hydrogens (tertiary/aromatic N) is 1. The lowest BCUT2D eigenvalue weighted by Gasteiger charge is -2.13. The van der Waals surface area contributed by atoms with Crippen molar-refractivity contribution in [2.24, 2.45) is 5.10 Å². The largest absolute Gasteiger partial charge is 0.503 e. The topological polar surface area (TPSA) is 80.2 Å². The highest BCUT2D eigenvalue weighted by Crippen LogP contribution is 2.34. The van der Waals surface area contributed by atoms with Crippen LogP contribution in [0.4, 0.5) is 0 Å². The van der Waals surface area contributed by atoms with Gasteiger partial charge in [0, 0.05) is 0 Å². The van der Waals surface area contributed by atoms with Crippen molar-refractivity contribution < 1.29 is 19.4 Å². The molecule has 0 bridgehead atoms. The minimum Gasteiger partial charge on any atom is -0.503 e. The number of nitrogens with one attached hydrogen (secondary N) is 1. The van der Waals surface area contributed by atoms with Crippen molar-refractivity contribution in [1.29, 1.82) is 0 Å². The molecule has 6 nitrogen and oxygen atoms in total. The Kier molecular flexibility index (Phi) is 6.63. The van der Waals surface area contributed by atoms with Gasteiger partial charge in [0.1, 0.15) is 5.75 Å². The van der Waals surface area contributed by atoms with Crippen LogP contribution in [0.15, 0.2) is 33.8 Å². The van der Waals surface area contributed by atoms with E-state index in [1.807, 2.05) is 32.9 Å². The zero-order valence-electron chi connectivity index (χ0n) is 15.1. The molecule has 0 atom stereocenters. The molecular weight excluding hydrogens is 400 g/mol. The summed E-state index contributed by atoms with van der Waals surface area (Å²) in [4.78, 5) is 11.9. The molecule has 0 saturated heterocycles. The summed E-state index contributed by atoms with van der Waals surface area (Å²) >= 11 is 3.23. The number of phenols is 1. The summed E-state index contributed by atoms with van der Waals surface area (Å²) in [5.74, 6) is 0.662. The van der Waals surface area contributed by atoms with E-state index in [-0.39, 0.29) is 18.3 Å². The van der Waals surface area contributed by atoms with Gasteiger partial charge in [-0.3, -0.25) is 4.79 Å². The summed E-state index contributed by atoms with van der Waals surface area (Å²) < 4.78 is 11.2. The normalized spacial score (nSPS) is 10.8. The van der Waals surface area contributed by atoms with Crippen LogP contribution in [0.1, 0.15) is 22.3 Å². The number of rotatable bonds is 6. The molecule has 0 fully saturated rings. The molecule has 1 amide bonds. The number of phenolic OH excluding ortho intramolecular Hbond substituents is 1. The van der Waals surface area contributed by atoms with Gasteiger partial charge in [0.05, 0.1) is 17.8 Å². The van der Waals surface area contributed by atoms with Gasteiger partial charge in [-0.1, -0.05) is 12.1 Å². The molecule has 2 rings (SSSR count). The molecule has 0 aliphatic rings. The summed E-state index contributed by atoms with van der Waals surface area (Å²) in [5.41, 5.74) is 6.17. The van der Waals surface area contributed by atoms with Crippen molar-refractivity contribution in [3.05, 3.63) is 51.0 Å². The van der Waals surface area contributed by atoms with Crippen LogP contribution in [0, 0.1) is 20.8 Å². The lowest BCUT2D eigenvalue weighted by Crippen LogP contribution is -2.25. The minimum atomic E-state index is -0.369. The molecule has 138 valence electrons. The number of benzene rings is 2. The Morgan fingerprint density at radius 2 is 1.96 bits per heavy atom. The van der Waals surface area contributed by atoms with E-state index in [1.54, 1.807) is 12.1 Å². The number of aryl methyl sites for hydroxylation is 2. The number of amides is 1. The van der Waals surface area contributed by atoms with Crippen molar-refractivity contribution in [2.75, 3.05) is 13.7 Å². The summed E-state index contributed by atoms with van der Waals surface area (Å²) in [6, 6.07) is 7.24. The Morgan fingerprint density at radius 1 is 1.27 bits per heavy atom. The number of carbonyl (C=O) groups excluding carboxylic acids is 1. The van der Waals surface area contributed by atoms with Crippen molar-refractivity contribution in [2.45, 2.75) is 20.8 Å². The van der Waals surface area contributed by atoms with E-state index >= 15 is 0 Å². The standard InChI is InChI=1S/C19H21BrN2O4/c1-11-5-6-12(2)19(13(11)3)26-10-17(23)22-21-9-14-7-15(20)18(24)16(8-14)25-4/h5-9,24H,10H2,1-4H3,(H,22,23)/b21-9-. The van der Waals surface area contributed by atoms with Crippen LogP contribution in [-0.4, -0.2) is 30.9 Å². The zero-order chi connectivity index (χ0) is 19.3. The fraction of sp³-hybridized carbons (Fsp3) is 0.263. The van der Waals surface area contributed by atoms with Gasteiger partial charge in [-0.15, -0.1) is 0 Å². The molecule has 2 N–H and O–H groups in total. The maximum absolute atomic E-state index is 11.9. The molecule has 0 saturated carbocycles. The van der Waals surface area contributed by atoms with Gasteiger partial charge in [0.25, 0.3) is 5.91 Å². The third-order valence-corrected chi connectivity index (χ3v) is 4.50. The van der Waals surface area contributed by atoms with Crippen molar-refractivity contribution in [3.63, 3.8) is 0 Å². The van der Waals surface area contributed by atoms with Crippen molar-refractivity contribution in [1.82, 2.24) is 5.43 Å². The Hall–Kier alpha value is -2.54. The van der Waals surface area contributed by atoms with Gasteiger partial charge in [-0.2, -0.15) is 5.10 Å². The number of carbonyl (C=O) groups is 1. The van der Waals surface area contributed by atoms with Crippen LogP contribution in [0.25, 0.3) is 0 Å². The number of methoxy groups -OCH3 is 1. The van der Waals surface area contributed by atoms with Gasteiger partial charge in [0.15, 0.2) is 18.1 Å². The SMILES string of the molecule is COc1cc(/C=N\NC(=O)COc2c(C)ccc(C)c2C)cc(Br)c1O. The Morgan fingerprint density at radius 3 is 2.65 bits per heavy atom. The monoisotopic (exact) mass is 420 g/mol. The number of ether oxygens (including phenoxy) is 2. The van der Waals surface area contributed by atoms with E-state index in [2.05, 4.69) is 26.5 Å². The van der Waals surface area contributed by atoms with Crippen LogP contribution < -0.4 is 14.9 Å². The van der Waals surface area contributed by atoms with Gasteiger partial charge in [0.2, 0.25) is 0 Å².